The molecule has 0 atom stereocenters. The summed E-state index contributed by atoms with van der Waals surface area (Å²) in [6, 6.07) is 0. The van der Waals surface area contributed by atoms with Crippen LogP contribution in [0.1, 0.15) is 47.0 Å². The van der Waals surface area contributed by atoms with Crippen LogP contribution in [0.4, 0.5) is 0 Å². The molecule has 0 spiro atoms. The Morgan fingerprint density at radius 3 is 2.24 bits per heavy atom. The summed E-state index contributed by atoms with van der Waals surface area (Å²) in [5.41, 5.74) is 7.59. The van der Waals surface area contributed by atoms with Gasteiger partial charge in [0.25, 0.3) is 0 Å². The molecule has 2 aliphatic heterocycles. The van der Waals surface area contributed by atoms with Gasteiger partial charge in [-0.2, -0.15) is 0 Å². The van der Waals surface area contributed by atoms with E-state index in [2.05, 4.69) is 44.6 Å². The molecule has 3 aliphatic carbocycles. The Bertz CT molecular complexity index is 496. The van der Waals surface area contributed by atoms with Crippen molar-refractivity contribution >= 4 is 7.12 Å². The minimum absolute atomic E-state index is 0.298. The smallest absolute Gasteiger partial charge is 0.399 e. The van der Waals surface area contributed by atoms with Crippen LogP contribution in [0.2, 0.25) is 0 Å². The van der Waals surface area contributed by atoms with Gasteiger partial charge in [0.1, 0.15) is 0 Å². The number of hydrogen-bond donors (Lipinski definition) is 2. The van der Waals surface area contributed by atoms with E-state index in [4.69, 9.17) is 9.31 Å². The Balaban J connectivity index is 1.38. The standard InChI is InChI=1S/C15H24BN3O2/c1-13(2)14(3,4)21-16(20-13)12-5-6-19(17-10-12)18-15-7-11(8-15)9-15/h5-6,10-11,17-18H,7-9H2,1-4H3. The van der Waals surface area contributed by atoms with Gasteiger partial charge in [0.05, 0.1) is 11.2 Å². The van der Waals surface area contributed by atoms with Gasteiger partial charge >= 0.3 is 7.12 Å². The molecule has 5 aliphatic rings. The van der Waals surface area contributed by atoms with E-state index >= 15 is 0 Å². The van der Waals surface area contributed by atoms with Crippen molar-refractivity contribution < 1.29 is 9.31 Å². The zero-order valence-electron chi connectivity index (χ0n) is 13.3. The van der Waals surface area contributed by atoms with Gasteiger partial charge in [0.15, 0.2) is 0 Å². The van der Waals surface area contributed by atoms with Gasteiger partial charge in [-0.25, -0.2) is 10.5 Å². The van der Waals surface area contributed by atoms with Gasteiger partial charge in [0.2, 0.25) is 0 Å². The molecule has 21 heavy (non-hydrogen) atoms. The van der Waals surface area contributed by atoms with Gasteiger partial charge in [-0.1, -0.05) is 0 Å². The van der Waals surface area contributed by atoms with Crippen LogP contribution in [0.15, 0.2) is 23.9 Å². The highest BCUT2D eigenvalue weighted by Crippen LogP contribution is 2.57. The van der Waals surface area contributed by atoms with Crippen LogP contribution in [0.3, 0.4) is 0 Å². The van der Waals surface area contributed by atoms with E-state index in [1.807, 2.05) is 17.5 Å². The van der Waals surface area contributed by atoms with Gasteiger partial charge in [0, 0.05) is 23.4 Å². The molecule has 0 aromatic rings. The van der Waals surface area contributed by atoms with Crippen molar-refractivity contribution in [2.75, 3.05) is 0 Å². The fourth-order valence-corrected chi connectivity index (χ4v) is 3.46. The first-order valence-electron chi connectivity index (χ1n) is 7.86. The summed E-state index contributed by atoms with van der Waals surface area (Å²) in [5, 5.41) is 1.95. The molecule has 5 nitrogen and oxygen atoms in total. The van der Waals surface area contributed by atoms with E-state index in [1.54, 1.807) is 0 Å². The normalized spacial score (nSPS) is 38.5. The second-order valence-corrected chi connectivity index (χ2v) is 7.92. The largest absolute Gasteiger partial charge is 0.496 e. The predicted octanol–water partition coefficient (Wildman–Crippen LogP) is 1.89. The van der Waals surface area contributed by atoms with Crippen LogP contribution in [0, 0.1) is 5.92 Å². The average Bonchev–Trinajstić information content (AvgIpc) is 2.52. The second-order valence-electron chi connectivity index (χ2n) is 7.92. The second kappa shape index (κ2) is 4.06. The first-order chi connectivity index (χ1) is 9.79. The summed E-state index contributed by atoms with van der Waals surface area (Å²) < 4.78 is 12.1. The summed E-state index contributed by atoms with van der Waals surface area (Å²) >= 11 is 0. The van der Waals surface area contributed by atoms with Gasteiger partial charge < -0.3 is 9.31 Å². The fourth-order valence-electron chi connectivity index (χ4n) is 3.46. The van der Waals surface area contributed by atoms with Crippen LogP contribution in [-0.2, 0) is 9.31 Å². The minimum Gasteiger partial charge on any atom is -0.399 e. The minimum atomic E-state index is -0.309. The van der Waals surface area contributed by atoms with Crippen molar-refractivity contribution in [2.45, 2.75) is 63.7 Å². The summed E-state index contributed by atoms with van der Waals surface area (Å²) in [6.07, 6.45) is 9.96. The molecule has 1 saturated heterocycles. The first kappa shape index (κ1) is 13.7. The maximum Gasteiger partial charge on any atom is 0.496 e. The van der Waals surface area contributed by atoms with Crippen molar-refractivity contribution in [3.05, 3.63) is 23.9 Å². The summed E-state index contributed by atoms with van der Waals surface area (Å²) in [4.78, 5) is 0. The quantitative estimate of drug-likeness (QED) is 0.777. The molecule has 0 aromatic carbocycles. The Hall–Kier alpha value is -0.975. The Kier molecular flexibility index (Phi) is 2.64. The lowest BCUT2D eigenvalue weighted by Gasteiger charge is -2.62. The molecule has 0 unspecified atom stereocenters. The molecule has 2 heterocycles. The molecule has 0 aromatic heterocycles. The van der Waals surface area contributed by atoms with E-state index in [1.165, 1.54) is 19.3 Å². The summed E-state index contributed by atoms with van der Waals surface area (Å²) in [5.74, 6) is 0.974. The topological polar surface area (TPSA) is 45.8 Å². The maximum absolute atomic E-state index is 6.06. The van der Waals surface area contributed by atoms with E-state index in [9.17, 15) is 0 Å². The van der Waals surface area contributed by atoms with Crippen LogP contribution < -0.4 is 10.9 Å². The van der Waals surface area contributed by atoms with E-state index in [-0.39, 0.29) is 18.3 Å². The molecule has 6 heteroatoms. The highest BCUT2D eigenvalue weighted by molar-refractivity contribution is 6.55. The number of rotatable bonds is 3. The molecule has 0 radical (unpaired) electrons. The Labute approximate surface area is 126 Å². The number of allylic oxidation sites excluding steroid dienone is 2. The third kappa shape index (κ3) is 2.04. The molecule has 2 N–H and O–H groups in total. The fraction of sp³-hybridized carbons (Fsp3) is 0.733. The zero-order chi connectivity index (χ0) is 14.9. The number of hydrogen-bond acceptors (Lipinski definition) is 5. The molecule has 5 rings (SSSR count). The number of hydrazine groups is 2. The van der Waals surface area contributed by atoms with E-state index < -0.39 is 0 Å². The van der Waals surface area contributed by atoms with Crippen LogP contribution >= 0.6 is 0 Å². The first-order valence-corrected chi connectivity index (χ1v) is 7.86. The predicted molar refractivity (Wildman–Crippen MR) is 81.5 cm³/mol. The third-order valence-corrected chi connectivity index (χ3v) is 5.71. The molecular formula is C15H24BN3O2. The number of nitrogens with zero attached hydrogens (tertiary/aromatic N) is 1. The van der Waals surface area contributed by atoms with Crippen molar-refractivity contribution in [1.29, 1.82) is 0 Å². The maximum atomic E-state index is 6.06. The lowest BCUT2D eigenvalue weighted by Crippen LogP contribution is -2.71. The molecule has 3 saturated carbocycles. The van der Waals surface area contributed by atoms with Crippen molar-refractivity contribution in [2.24, 2.45) is 5.92 Å². The van der Waals surface area contributed by atoms with Gasteiger partial charge in [-0.3, -0.25) is 5.43 Å². The van der Waals surface area contributed by atoms with E-state index in [0.29, 0.717) is 5.54 Å². The summed E-state index contributed by atoms with van der Waals surface area (Å²) in [6.45, 7) is 8.29. The van der Waals surface area contributed by atoms with Gasteiger partial charge in [-0.05, 0) is 59.0 Å². The lowest BCUT2D eigenvalue weighted by molar-refractivity contribution is -0.0982. The van der Waals surface area contributed by atoms with Crippen LogP contribution in [-0.4, -0.2) is 29.0 Å². The highest BCUT2D eigenvalue weighted by atomic mass is 16.7. The highest BCUT2D eigenvalue weighted by Gasteiger charge is 2.57. The average molecular weight is 289 g/mol. The van der Waals surface area contributed by atoms with Crippen molar-refractivity contribution in [3.8, 4) is 0 Å². The molecule has 4 fully saturated rings. The number of nitrogens with one attached hydrogen (secondary N) is 2. The molecular weight excluding hydrogens is 265 g/mol. The van der Waals surface area contributed by atoms with Crippen LogP contribution in [0.25, 0.3) is 0 Å². The SMILES string of the molecule is CC1(C)OB(C2=CNN(NC34CC(C3)C4)C=C2)OC1(C)C. The van der Waals surface area contributed by atoms with Crippen molar-refractivity contribution in [1.82, 2.24) is 16.0 Å². The van der Waals surface area contributed by atoms with Crippen LogP contribution in [0.5, 0.6) is 0 Å². The molecule has 2 bridgehead atoms. The molecule has 0 amide bonds. The zero-order valence-corrected chi connectivity index (χ0v) is 13.3. The van der Waals surface area contributed by atoms with Gasteiger partial charge in [-0.15, -0.1) is 0 Å². The van der Waals surface area contributed by atoms with Crippen molar-refractivity contribution in [3.63, 3.8) is 0 Å². The third-order valence-electron chi connectivity index (χ3n) is 5.71. The monoisotopic (exact) mass is 289 g/mol. The van der Waals surface area contributed by atoms with E-state index in [0.717, 1.165) is 11.4 Å². The Morgan fingerprint density at radius 1 is 1.19 bits per heavy atom. The lowest BCUT2D eigenvalue weighted by atomic mass is 9.50. The Morgan fingerprint density at radius 2 is 1.81 bits per heavy atom. The molecule has 114 valence electrons. The summed E-state index contributed by atoms with van der Waals surface area (Å²) in [7, 11) is -0.309.